The molecule has 28 heavy (non-hydrogen) atoms. The van der Waals surface area contributed by atoms with Crippen LogP contribution in [0.5, 0.6) is 5.75 Å². The smallest absolute Gasteiger partial charge is 0.193 e. The number of halogens is 1. The Kier molecular flexibility index (Phi) is 11.0. The molecule has 0 fully saturated rings. The number of guanidine groups is 1. The largest absolute Gasteiger partial charge is 0.497 e. The first-order valence-corrected chi connectivity index (χ1v) is 9.45. The van der Waals surface area contributed by atoms with Crippen LogP contribution in [0.4, 0.5) is 0 Å². The first kappa shape index (κ1) is 24.3. The molecule has 7 heteroatoms. The lowest BCUT2D eigenvalue weighted by molar-refractivity contribution is 0.192. The molecule has 0 spiro atoms. The number of furan rings is 1. The van der Waals surface area contributed by atoms with Gasteiger partial charge in [-0.3, -0.25) is 9.89 Å². The van der Waals surface area contributed by atoms with Crippen molar-refractivity contribution in [1.82, 2.24) is 15.1 Å². The first-order chi connectivity index (χ1) is 13.1. The van der Waals surface area contributed by atoms with Crippen LogP contribution in [0.2, 0.25) is 0 Å². The molecule has 1 heterocycles. The van der Waals surface area contributed by atoms with Gasteiger partial charge < -0.3 is 19.4 Å². The number of benzene rings is 1. The standard InChI is InChI=1S/C21H32N4O2.HI/c1-6-25(7-2)19(20-9-8-14-27-20)15-23-21(22-3)24(4)16-17-10-12-18(26-5)13-11-17;/h8-14,19H,6-7,15-16H2,1-5H3,(H,22,23);1H. The minimum absolute atomic E-state index is 0. The topological polar surface area (TPSA) is 53.2 Å². The quantitative estimate of drug-likeness (QED) is 0.321. The van der Waals surface area contributed by atoms with E-state index in [1.807, 2.05) is 38.4 Å². The molecule has 0 radical (unpaired) electrons. The summed E-state index contributed by atoms with van der Waals surface area (Å²) in [5, 5.41) is 3.50. The Morgan fingerprint density at radius 3 is 2.36 bits per heavy atom. The molecule has 0 aliphatic carbocycles. The highest BCUT2D eigenvalue weighted by Gasteiger charge is 2.21. The molecule has 0 aliphatic heterocycles. The van der Waals surface area contributed by atoms with E-state index < -0.39 is 0 Å². The molecule has 1 aromatic heterocycles. The van der Waals surface area contributed by atoms with E-state index in [4.69, 9.17) is 9.15 Å². The van der Waals surface area contributed by atoms with E-state index in [1.54, 1.807) is 13.4 Å². The fourth-order valence-corrected chi connectivity index (χ4v) is 3.21. The van der Waals surface area contributed by atoms with E-state index in [0.717, 1.165) is 43.6 Å². The van der Waals surface area contributed by atoms with E-state index >= 15 is 0 Å². The number of likely N-dealkylation sites (N-methyl/N-ethyl adjacent to an activating group) is 1. The predicted octanol–water partition coefficient (Wildman–Crippen LogP) is 4.00. The Balaban J connectivity index is 0.00000392. The average molecular weight is 500 g/mol. The normalized spacial score (nSPS) is 12.4. The van der Waals surface area contributed by atoms with Crippen LogP contribution >= 0.6 is 24.0 Å². The number of methoxy groups -OCH3 is 1. The molecule has 2 aromatic rings. The number of ether oxygens (including phenoxy) is 1. The maximum atomic E-state index is 5.68. The van der Waals surface area contributed by atoms with Crippen molar-refractivity contribution in [2.24, 2.45) is 4.99 Å². The Morgan fingerprint density at radius 1 is 1.18 bits per heavy atom. The van der Waals surface area contributed by atoms with Crippen LogP contribution in [0.1, 0.15) is 31.2 Å². The average Bonchev–Trinajstić information content (AvgIpc) is 3.22. The van der Waals surface area contributed by atoms with Crippen molar-refractivity contribution in [1.29, 1.82) is 0 Å². The van der Waals surface area contributed by atoms with Gasteiger partial charge in [0.05, 0.1) is 19.4 Å². The molecule has 156 valence electrons. The van der Waals surface area contributed by atoms with Crippen LogP contribution < -0.4 is 10.1 Å². The van der Waals surface area contributed by atoms with Gasteiger partial charge in [0.25, 0.3) is 0 Å². The van der Waals surface area contributed by atoms with E-state index in [0.29, 0.717) is 0 Å². The van der Waals surface area contributed by atoms with Crippen LogP contribution in [-0.2, 0) is 6.54 Å². The first-order valence-electron chi connectivity index (χ1n) is 9.45. The molecule has 1 N–H and O–H groups in total. The predicted molar refractivity (Wildman–Crippen MR) is 126 cm³/mol. The van der Waals surface area contributed by atoms with Gasteiger partial charge in [0.1, 0.15) is 11.5 Å². The zero-order valence-corrected chi connectivity index (χ0v) is 19.8. The SMILES string of the molecule is CCN(CC)C(CNC(=NC)N(C)Cc1ccc(OC)cc1)c1ccco1.I. The van der Waals surface area contributed by atoms with E-state index in [-0.39, 0.29) is 30.0 Å². The molecule has 0 bridgehead atoms. The summed E-state index contributed by atoms with van der Waals surface area (Å²) in [5.41, 5.74) is 1.20. The van der Waals surface area contributed by atoms with Crippen molar-refractivity contribution in [3.63, 3.8) is 0 Å². The number of hydrogen-bond acceptors (Lipinski definition) is 4. The molecule has 1 atom stereocenters. The number of nitrogens with one attached hydrogen (secondary N) is 1. The van der Waals surface area contributed by atoms with Gasteiger partial charge in [-0.1, -0.05) is 26.0 Å². The van der Waals surface area contributed by atoms with Crippen LogP contribution in [-0.4, -0.2) is 56.6 Å². The molecule has 1 aromatic carbocycles. The van der Waals surface area contributed by atoms with Crippen LogP contribution in [0.25, 0.3) is 0 Å². The van der Waals surface area contributed by atoms with Gasteiger partial charge in [-0.2, -0.15) is 0 Å². The lowest BCUT2D eigenvalue weighted by Gasteiger charge is -2.30. The van der Waals surface area contributed by atoms with Gasteiger partial charge >= 0.3 is 0 Å². The van der Waals surface area contributed by atoms with Gasteiger partial charge in [0.2, 0.25) is 0 Å². The summed E-state index contributed by atoms with van der Waals surface area (Å²) < 4.78 is 10.9. The summed E-state index contributed by atoms with van der Waals surface area (Å²) in [6, 6.07) is 12.2. The van der Waals surface area contributed by atoms with E-state index in [9.17, 15) is 0 Å². The second-order valence-electron chi connectivity index (χ2n) is 6.38. The molecule has 2 rings (SSSR count). The van der Waals surface area contributed by atoms with Gasteiger partial charge in [0.15, 0.2) is 5.96 Å². The molecule has 1 unspecified atom stereocenters. The number of hydrogen-bond donors (Lipinski definition) is 1. The van der Waals surface area contributed by atoms with Crippen molar-refractivity contribution >= 4 is 29.9 Å². The maximum absolute atomic E-state index is 5.68. The van der Waals surface area contributed by atoms with Crippen LogP contribution in [0, 0.1) is 0 Å². The van der Waals surface area contributed by atoms with Crippen molar-refractivity contribution in [2.75, 3.05) is 40.8 Å². The summed E-state index contributed by atoms with van der Waals surface area (Å²) in [4.78, 5) is 8.93. The summed E-state index contributed by atoms with van der Waals surface area (Å²) in [6.45, 7) is 7.76. The van der Waals surface area contributed by atoms with E-state index in [1.165, 1.54) is 5.56 Å². The number of nitrogens with zero attached hydrogens (tertiary/aromatic N) is 3. The monoisotopic (exact) mass is 500 g/mol. The highest BCUT2D eigenvalue weighted by atomic mass is 127. The van der Waals surface area contributed by atoms with Crippen molar-refractivity contribution < 1.29 is 9.15 Å². The molecular formula is C21H33IN4O2. The summed E-state index contributed by atoms with van der Waals surface area (Å²) in [5.74, 6) is 2.69. The van der Waals surface area contributed by atoms with Crippen molar-refractivity contribution in [3.05, 3.63) is 54.0 Å². The number of rotatable bonds is 9. The highest BCUT2D eigenvalue weighted by molar-refractivity contribution is 14.0. The van der Waals surface area contributed by atoms with Crippen molar-refractivity contribution in [2.45, 2.75) is 26.4 Å². The molecule has 6 nitrogen and oxygen atoms in total. The Bertz CT molecular complexity index is 685. The Hall–Kier alpha value is -1.74. The molecule has 0 saturated carbocycles. The summed E-state index contributed by atoms with van der Waals surface area (Å²) >= 11 is 0. The van der Waals surface area contributed by atoms with Gasteiger partial charge in [0, 0.05) is 27.2 Å². The van der Waals surface area contributed by atoms with Crippen LogP contribution in [0.15, 0.2) is 52.1 Å². The lowest BCUT2D eigenvalue weighted by Crippen LogP contribution is -2.43. The highest BCUT2D eigenvalue weighted by Crippen LogP contribution is 2.20. The fraction of sp³-hybridized carbons (Fsp3) is 0.476. The summed E-state index contributed by atoms with van der Waals surface area (Å²) in [6.07, 6.45) is 1.73. The summed E-state index contributed by atoms with van der Waals surface area (Å²) in [7, 11) is 5.53. The third-order valence-corrected chi connectivity index (χ3v) is 4.73. The van der Waals surface area contributed by atoms with Crippen LogP contribution in [0.3, 0.4) is 0 Å². The molecule has 0 saturated heterocycles. The zero-order valence-electron chi connectivity index (χ0n) is 17.5. The zero-order chi connectivity index (χ0) is 19.6. The van der Waals surface area contributed by atoms with Gasteiger partial charge in [-0.25, -0.2) is 0 Å². The molecular weight excluding hydrogens is 467 g/mol. The lowest BCUT2D eigenvalue weighted by atomic mass is 10.2. The third kappa shape index (κ3) is 6.70. The minimum atomic E-state index is 0. The second kappa shape index (κ2) is 12.7. The van der Waals surface area contributed by atoms with Crippen molar-refractivity contribution in [3.8, 4) is 5.75 Å². The second-order valence-corrected chi connectivity index (χ2v) is 6.38. The van der Waals surface area contributed by atoms with E-state index in [2.05, 4.69) is 46.1 Å². The third-order valence-electron chi connectivity index (χ3n) is 4.73. The number of aliphatic imine (C=N–C) groups is 1. The Morgan fingerprint density at radius 2 is 1.86 bits per heavy atom. The minimum Gasteiger partial charge on any atom is -0.497 e. The molecule has 0 aliphatic rings. The Labute approximate surface area is 186 Å². The van der Waals surface area contributed by atoms with Gasteiger partial charge in [-0.05, 0) is 42.9 Å². The van der Waals surface area contributed by atoms with Gasteiger partial charge in [-0.15, -0.1) is 24.0 Å². The fourth-order valence-electron chi connectivity index (χ4n) is 3.21. The maximum Gasteiger partial charge on any atom is 0.193 e. The molecule has 0 amide bonds.